The minimum atomic E-state index is -1.11. The predicted octanol–water partition coefficient (Wildman–Crippen LogP) is 5.58. The molecule has 2 heterocycles. The Bertz CT molecular complexity index is 937. The highest BCUT2D eigenvalue weighted by atomic mass is 16.5. The predicted molar refractivity (Wildman–Crippen MR) is 139 cm³/mol. The lowest BCUT2D eigenvalue weighted by atomic mass is 9.41. The number of nitrogens with zero attached hydrogens (tertiary/aromatic N) is 1. The number of hydrogen-bond acceptors (Lipinski definition) is 4. The third kappa shape index (κ3) is 2.96. The van der Waals surface area contributed by atoms with Crippen LogP contribution in [0.3, 0.4) is 0 Å². The summed E-state index contributed by atoms with van der Waals surface area (Å²) in [7, 11) is 0. The minimum absolute atomic E-state index is 0.0696. The van der Waals surface area contributed by atoms with E-state index in [1.807, 2.05) is 0 Å². The van der Waals surface area contributed by atoms with Gasteiger partial charge in [-0.15, -0.1) is 0 Å². The zero-order valence-corrected chi connectivity index (χ0v) is 22.9. The first kappa shape index (κ1) is 25.1. The third-order valence-corrected chi connectivity index (χ3v) is 12.4. The molecule has 0 amide bonds. The molecule has 0 aromatic rings. The summed E-state index contributed by atoms with van der Waals surface area (Å²) in [6.45, 7) is 12.2. The molecule has 0 aromatic carbocycles. The molecule has 2 saturated heterocycles. The van der Waals surface area contributed by atoms with E-state index in [1.165, 1.54) is 19.3 Å². The number of carbonyl (C=O) groups is 2. The van der Waals surface area contributed by atoms with Crippen LogP contribution in [0.15, 0.2) is 11.6 Å². The number of carboxylic acids is 1. The lowest BCUT2D eigenvalue weighted by molar-refractivity contribution is -0.197. The number of aliphatic carboxylic acids is 1. The molecule has 4 bridgehead atoms. The van der Waals surface area contributed by atoms with Gasteiger partial charge in [0, 0.05) is 12.0 Å². The lowest BCUT2D eigenvalue weighted by Gasteiger charge is -2.60. The largest absolute Gasteiger partial charge is 0.481 e. The van der Waals surface area contributed by atoms with Gasteiger partial charge in [0.15, 0.2) is 0 Å². The maximum atomic E-state index is 13.7. The van der Waals surface area contributed by atoms with Crippen LogP contribution >= 0.6 is 0 Å². The molecule has 6 rings (SSSR count). The van der Waals surface area contributed by atoms with E-state index in [0.717, 1.165) is 69.5 Å². The van der Waals surface area contributed by atoms with E-state index < -0.39 is 22.2 Å². The Morgan fingerprint density at radius 3 is 2.56 bits per heavy atom. The first-order valence-electron chi connectivity index (χ1n) is 15.0. The SMILES string of the molecule is CCC1CCN(CC2CCC(C34C[C@@H]5[C@H](C)CC[C@H]5C5(C=O)CC3C=C(C(C)C)C45C(=O)O)O2)CC1. The molecule has 6 aliphatic rings. The van der Waals surface area contributed by atoms with Gasteiger partial charge in [-0.05, 0) is 93.5 Å². The Balaban J connectivity index is 1.36. The maximum absolute atomic E-state index is 13.7. The Morgan fingerprint density at radius 2 is 1.92 bits per heavy atom. The van der Waals surface area contributed by atoms with Crippen molar-refractivity contribution in [3.8, 4) is 0 Å². The van der Waals surface area contributed by atoms with E-state index in [1.54, 1.807) is 0 Å². The van der Waals surface area contributed by atoms with Gasteiger partial charge in [0.25, 0.3) is 0 Å². The molecule has 6 unspecified atom stereocenters. The van der Waals surface area contributed by atoms with Gasteiger partial charge in [-0.2, -0.15) is 0 Å². The molecule has 3 saturated carbocycles. The van der Waals surface area contributed by atoms with E-state index in [4.69, 9.17) is 4.74 Å². The molecule has 200 valence electrons. The van der Waals surface area contributed by atoms with Gasteiger partial charge in [-0.3, -0.25) is 4.79 Å². The molecule has 1 N–H and O–H groups in total. The molecule has 9 atom stereocenters. The standard InChI is InChI=1S/C31H47NO4/c1-5-21-10-12-32(13-11-21)17-23-7-9-27(36-23)30-16-24-20(4)6-8-25(24)29(18-33)15-22(30)14-26(19(2)3)31(29,30)28(34)35/h14,18-25,27H,5-13,15-17H2,1-4H3,(H,34,35)/t20-,22?,23?,24-,25-,27?,29?,30?,31?/m1/s1. The van der Waals surface area contributed by atoms with Crippen molar-refractivity contribution in [2.45, 2.75) is 97.7 Å². The number of likely N-dealkylation sites (tertiary alicyclic amines) is 1. The average molecular weight is 498 g/mol. The Labute approximate surface area is 217 Å². The molecule has 5 fully saturated rings. The van der Waals surface area contributed by atoms with Crippen LogP contribution in [-0.2, 0) is 14.3 Å². The molecule has 0 aromatic heterocycles. The summed E-state index contributed by atoms with van der Waals surface area (Å²) in [6, 6.07) is 0. The fraction of sp³-hybridized carbons (Fsp3) is 0.871. The summed E-state index contributed by atoms with van der Waals surface area (Å²) in [5.74, 6) is 1.55. The van der Waals surface area contributed by atoms with Crippen molar-refractivity contribution in [1.29, 1.82) is 0 Å². The summed E-state index contributed by atoms with van der Waals surface area (Å²) in [5.41, 5.74) is -1.34. The summed E-state index contributed by atoms with van der Waals surface area (Å²) in [4.78, 5) is 29.5. The first-order chi connectivity index (χ1) is 17.2. The van der Waals surface area contributed by atoms with Crippen LogP contribution in [0.2, 0.25) is 0 Å². The second-order valence-corrected chi connectivity index (χ2v) is 13.8. The number of fused-ring (bicyclic) bond motifs is 2. The molecule has 5 heteroatoms. The number of hydrogen-bond donors (Lipinski definition) is 1. The van der Waals surface area contributed by atoms with Crippen molar-refractivity contribution < 1.29 is 19.4 Å². The van der Waals surface area contributed by atoms with Crippen molar-refractivity contribution in [2.24, 2.45) is 51.8 Å². The lowest BCUT2D eigenvalue weighted by Crippen LogP contribution is -2.65. The molecule has 36 heavy (non-hydrogen) atoms. The second-order valence-electron chi connectivity index (χ2n) is 13.8. The van der Waals surface area contributed by atoms with Gasteiger partial charge in [-0.25, -0.2) is 0 Å². The van der Waals surface area contributed by atoms with Gasteiger partial charge in [0.1, 0.15) is 11.7 Å². The number of carboxylic acid groups (broad SMARTS) is 1. The van der Waals surface area contributed by atoms with E-state index in [2.05, 4.69) is 38.7 Å². The van der Waals surface area contributed by atoms with Crippen molar-refractivity contribution in [2.75, 3.05) is 19.6 Å². The second kappa shape index (κ2) is 8.66. The van der Waals surface area contributed by atoms with E-state index in [-0.39, 0.29) is 30.0 Å². The highest BCUT2D eigenvalue weighted by molar-refractivity contribution is 5.90. The van der Waals surface area contributed by atoms with E-state index in [0.29, 0.717) is 18.3 Å². The summed E-state index contributed by atoms with van der Waals surface area (Å²) in [6.07, 6.45) is 13.1. The van der Waals surface area contributed by atoms with Crippen molar-refractivity contribution in [3.05, 3.63) is 11.6 Å². The molecule has 2 aliphatic heterocycles. The monoisotopic (exact) mass is 497 g/mol. The Morgan fingerprint density at radius 1 is 1.17 bits per heavy atom. The van der Waals surface area contributed by atoms with Crippen molar-refractivity contribution in [1.82, 2.24) is 4.90 Å². The zero-order valence-electron chi connectivity index (χ0n) is 22.9. The van der Waals surface area contributed by atoms with E-state index in [9.17, 15) is 14.7 Å². The van der Waals surface area contributed by atoms with Crippen LogP contribution in [0, 0.1) is 51.8 Å². The smallest absolute Gasteiger partial charge is 0.315 e. The van der Waals surface area contributed by atoms with Gasteiger partial charge < -0.3 is 19.5 Å². The fourth-order valence-electron chi connectivity index (χ4n) is 10.9. The summed E-state index contributed by atoms with van der Waals surface area (Å²) < 4.78 is 6.98. The number of carbonyl (C=O) groups excluding carboxylic acids is 1. The third-order valence-electron chi connectivity index (χ3n) is 12.4. The molecule has 5 nitrogen and oxygen atoms in total. The number of ether oxygens (including phenoxy) is 1. The van der Waals surface area contributed by atoms with Crippen LogP contribution in [0.1, 0.15) is 85.5 Å². The van der Waals surface area contributed by atoms with E-state index >= 15 is 0 Å². The molecular weight excluding hydrogens is 450 g/mol. The van der Waals surface area contributed by atoms with Crippen LogP contribution in [-0.4, -0.2) is 54.1 Å². The van der Waals surface area contributed by atoms with Crippen LogP contribution < -0.4 is 0 Å². The average Bonchev–Trinajstić information content (AvgIpc) is 3.59. The highest BCUT2D eigenvalue weighted by Crippen LogP contribution is 2.84. The number of aldehydes is 1. The van der Waals surface area contributed by atoms with Crippen LogP contribution in [0.5, 0.6) is 0 Å². The highest BCUT2D eigenvalue weighted by Gasteiger charge is 2.86. The van der Waals surface area contributed by atoms with Gasteiger partial charge in [-0.1, -0.05) is 52.2 Å². The Hall–Kier alpha value is -1.20. The van der Waals surface area contributed by atoms with Crippen LogP contribution in [0.25, 0.3) is 0 Å². The maximum Gasteiger partial charge on any atom is 0.315 e. The normalized spacial score (nSPS) is 48.4. The molecule has 0 spiro atoms. The van der Waals surface area contributed by atoms with Crippen molar-refractivity contribution in [3.63, 3.8) is 0 Å². The number of rotatable bonds is 7. The fourth-order valence-corrected chi connectivity index (χ4v) is 10.9. The first-order valence-corrected chi connectivity index (χ1v) is 15.0. The zero-order chi connectivity index (χ0) is 25.5. The van der Waals surface area contributed by atoms with Gasteiger partial charge in [0.05, 0.1) is 17.6 Å². The van der Waals surface area contributed by atoms with Crippen LogP contribution in [0.4, 0.5) is 0 Å². The number of piperidine rings is 1. The topological polar surface area (TPSA) is 66.8 Å². The summed E-state index contributed by atoms with van der Waals surface area (Å²) >= 11 is 0. The quantitative estimate of drug-likeness (QED) is 0.367. The van der Waals surface area contributed by atoms with Gasteiger partial charge in [0.2, 0.25) is 0 Å². The number of allylic oxidation sites excluding steroid dienone is 1. The van der Waals surface area contributed by atoms with Gasteiger partial charge >= 0.3 is 5.97 Å². The molecule has 0 radical (unpaired) electrons. The molecular formula is C31H47NO4. The minimum Gasteiger partial charge on any atom is -0.481 e. The molecule has 4 aliphatic carbocycles. The Kier molecular flexibility index (Phi) is 6.04. The van der Waals surface area contributed by atoms with Crippen molar-refractivity contribution >= 4 is 12.3 Å². The summed E-state index contributed by atoms with van der Waals surface area (Å²) in [5, 5.41) is 11.2.